The summed E-state index contributed by atoms with van der Waals surface area (Å²) in [6.45, 7) is 23.0. The smallest absolute Gasteiger partial charge is 0.207 e. The van der Waals surface area contributed by atoms with Crippen LogP contribution in [0.25, 0.3) is 0 Å². The number of rotatable bonds is 8. The van der Waals surface area contributed by atoms with Crippen molar-refractivity contribution in [3.8, 4) is 0 Å². The maximum Gasteiger partial charge on any atom is 0.207 e. The first kappa shape index (κ1) is 14.9. The predicted molar refractivity (Wildman–Crippen MR) is 68.6 cm³/mol. The van der Waals surface area contributed by atoms with Gasteiger partial charge in [-0.1, -0.05) is 0 Å². The minimum Gasteiger partial charge on any atom is -0.278 e. The van der Waals surface area contributed by atoms with Gasteiger partial charge in [-0.3, -0.25) is 8.97 Å². The Kier molecular flexibility index (Phi) is 6.46. The van der Waals surface area contributed by atoms with Crippen molar-refractivity contribution >= 4 is 0 Å². The highest BCUT2D eigenvalue weighted by Crippen LogP contribution is 2.15. The number of hydrogen-bond donors (Lipinski definition) is 0. The van der Waals surface area contributed by atoms with Crippen LogP contribution in [0.15, 0.2) is 0 Å². The van der Waals surface area contributed by atoms with Crippen molar-refractivity contribution in [3.63, 3.8) is 0 Å². The predicted octanol–water partition coefficient (Wildman–Crippen LogP) is 2.70. The van der Waals surface area contributed by atoms with Crippen molar-refractivity contribution in [2.24, 2.45) is 0 Å². The molecule has 0 aromatic heterocycles. The van der Waals surface area contributed by atoms with Crippen LogP contribution in [0.1, 0.15) is 41.5 Å². The van der Waals surface area contributed by atoms with Gasteiger partial charge in [0.05, 0.1) is 39.3 Å². The standard InChI is InChI=1S/C13H32N2/c1-7-14(8-2,9-3)13-15(10-4,11-5)12-6/h7-13H2,1-6H3/q+2. The van der Waals surface area contributed by atoms with Crippen molar-refractivity contribution in [2.75, 3.05) is 45.9 Å². The third kappa shape index (κ3) is 3.46. The molecule has 0 atom stereocenters. The maximum absolute atomic E-state index is 2.34. The van der Waals surface area contributed by atoms with Gasteiger partial charge in [0, 0.05) is 0 Å². The topological polar surface area (TPSA) is 0 Å². The number of hydrogen-bond acceptors (Lipinski definition) is 0. The van der Waals surface area contributed by atoms with E-state index in [-0.39, 0.29) is 0 Å². The van der Waals surface area contributed by atoms with Gasteiger partial charge in [0.2, 0.25) is 6.67 Å². The second-order valence-electron chi connectivity index (χ2n) is 4.72. The highest BCUT2D eigenvalue weighted by Gasteiger charge is 2.33. The second-order valence-corrected chi connectivity index (χ2v) is 4.72. The van der Waals surface area contributed by atoms with Crippen molar-refractivity contribution in [2.45, 2.75) is 41.5 Å². The van der Waals surface area contributed by atoms with Gasteiger partial charge in [0.25, 0.3) is 0 Å². The molecule has 0 aliphatic carbocycles. The normalized spacial score (nSPS) is 13.2. The molecule has 0 aliphatic rings. The van der Waals surface area contributed by atoms with Gasteiger partial charge in [-0.2, -0.15) is 0 Å². The van der Waals surface area contributed by atoms with E-state index in [0.717, 1.165) is 0 Å². The molecule has 0 aliphatic heterocycles. The quantitative estimate of drug-likeness (QED) is 0.432. The fourth-order valence-corrected chi connectivity index (χ4v) is 2.58. The molecule has 0 spiro atoms. The molecule has 0 rings (SSSR count). The molecular weight excluding hydrogens is 184 g/mol. The lowest BCUT2D eigenvalue weighted by molar-refractivity contribution is -1.10. The molecule has 2 nitrogen and oxygen atoms in total. The van der Waals surface area contributed by atoms with Crippen LogP contribution >= 0.6 is 0 Å². The average Bonchev–Trinajstić information content (AvgIpc) is 2.33. The molecule has 0 amide bonds. The number of quaternary nitrogens is 2. The summed E-state index contributed by atoms with van der Waals surface area (Å²) in [4.78, 5) is 0. The lowest BCUT2D eigenvalue weighted by atomic mass is 10.3. The van der Waals surface area contributed by atoms with E-state index in [0.29, 0.717) is 0 Å². The van der Waals surface area contributed by atoms with Crippen molar-refractivity contribution in [1.82, 2.24) is 0 Å². The van der Waals surface area contributed by atoms with Crippen LogP contribution in [0.2, 0.25) is 0 Å². The largest absolute Gasteiger partial charge is 0.278 e. The first-order chi connectivity index (χ1) is 7.07. The molecule has 0 unspecified atom stereocenters. The van der Waals surface area contributed by atoms with Crippen LogP contribution < -0.4 is 0 Å². The molecule has 0 saturated heterocycles. The van der Waals surface area contributed by atoms with Gasteiger partial charge in [-0.15, -0.1) is 0 Å². The summed E-state index contributed by atoms with van der Waals surface area (Å²) >= 11 is 0. The van der Waals surface area contributed by atoms with Crippen LogP contribution in [0.4, 0.5) is 0 Å². The van der Waals surface area contributed by atoms with E-state index >= 15 is 0 Å². The molecule has 0 N–H and O–H groups in total. The third-order valence-corrected chi connectivity index (χ3v) is 4.62. The molecule has 92 valence electrons. The van der Waals surface area contributed by atoms with E-state index in [1.165, 1.54) is 54.9 Å². The molecule has 15 heavy (non-hydrogen) atoms. The summed E-state index contributed by atoms with van der Waals surface area (Å²) in [5, 5.41) is 0. The fraction of sp³-hybridized carbons (Fsp3) is 1.00. The molecule has 0 bridgehead atoms. The Labute approximate surface area is 97.1 Å². The Hall–Kier alpha value is -0.0800. The lowest BCUT2D eigenvalue weighted by Gasteiger charge is -2.45. The Balaban J connectivity index is 4.74. The summed E-state index contributed by atoms with van der Waals surface area (Å²) in [6.07, 6.45) is 0. The van der Waals surface area contributed by atoms with E-state index in [1.807, 2.05) is 0 Å². The van der Waals surface area contributed by atoms with Crippen molar-refractivity contribution < 1.29 is 8.97 Å². The van der Waals surface area contributed by atoms with E-state index in [9.17, 15) is 0 Å². The Morgan fingerprint density at radius 3 is 0.800 bits per heavy atom. The zero-order chi connectivity index (χ0) is 11.9. The molecule has 0 aromatic rings. The van der Waals surface area contributed by atoms with E-state index in [2.05, 4.69) is 41.5 Å². The van der Waals surface area contributed by atoms with Crippen molar-refractivity contribution in [1.29, 1.82) is 0 Å². The van der Waals surface area contributed by atoms with E-state index < -0.39 is 0 Å². The van der Waals surface area contributed by atoms with Crippen LogP contribution in [-0.4, -0.2) is 54.9 Å². The van der Waals surface area contributed by atoms with Crippen LogP contribution in [0.5, 0.6) is 0 Å². The van der Waals surface area contributed by atoms with Gasteiger partial charge >= 0.3 is 0 Å². The average molecular weight is 216 g/mol. The lowest BCUT2D eigenvalue weighted by Crippen LogP contribution is -2.62. The SMILES string of the molecule is CC[N+](CC)(CC)C[N+](CC)(CC)CC. The van der Waals surface area contributed by atoms with E-state index in [4.69, 9.17) is 0 Å². The minimum absolute atomic E-state index is 1.27. The van der Waals surface area contributed by atoms with Crippen molar-refractivity contribution in [3.05, 3.63) is 0 Å². The first-order valence-corrected chi connectivity index (χ1v) is 6.77. The van der Waals surface area contributed by atoms with Gasteiger partial charge in [-0.25, -0.2) is 0 Å². The first-order valence-electron chi connectivity index (χ1n) is 6.77. The molecule has 2 heteroatoms. The maximum atomic E-state index is 2.34. The summed E-state index contributed by atoms with van der Waals surface area (Å²) in [5.41, 5.74) is 0. The third-order valence-electron chi connectivity index (χ3n) is 4.62. The highest BCUT2D eigenvalue weighted by molar-refractivity contribution is 4.36. The molecular formula is C13H32N2+2. The monoisotopic (exact) mass is 216 g/mol. The van der Waals surface area contributed by atoms with Crippen LogP contribution in [-0.2, 0) is 0 Å². The summed E-state index contributed by atoms with van der Waals surface area (Å²) in [7, 11) is 0. The van der Waals surface area contributed by atoms with Crippen LogP contribution in [0.3, 0.4) is 0 Å². The molecule has 0 fully saturated rings. The summed E-state index contributed by atoms with van der Waals surface area (Å²) in [6, 6.07) is 0. The summed E-state index contributed by atoms with van der Waals surface area (Å²) < 4.78 is 2.55. The van der Waals surface area contributed by atoms with Gasteiger partial charge in [0.15, 0.2) is 0 Å². The highest BCUT2D eigenvalue weighted by atomic mass is 15.5. The number of nitrogens with zero attached hydrogens (tertiary/aromatic N) is 2. The van der Waals surface area contributed by atoms with Gasteiger partial charge in [0.1, 0.15) is 0 Å². The zero-order valence-corrected chi connectivity index (χ0v) is 11.8. The minimum atomic E-state index is 1.27. The summed E-state index contributed by atoms with van der Waals surface area (Å²) in [5.74, 6) is 0. The van der Waals surface area contributed by atoms with Gasteiger partial charge < -0.3 is 0 Å². The molecule has 0 radical (unpaired) electrons. The van der Waals surface area contributed by atoms with E-state index in [1.54, 1.807) is 0 Å². The Morgan fingerprint density at radius 1 is 0.467 bits per heavy atom. The van der Waals surface area contributed by atoms with Gasteiger partial charge in [-0.05, 0) is 41.5 Å². The second kappa shape index (κ2) is 6.49. The molecule has 0 heterocycles. The zero-order valence-electron chi connectivity index (χ0n) is 11.8. The molecule has 0 aromatic carbocycles. The molecule has 0 saturated carbocycles. The Morgan fingerprint density at radius 2 is 0.667 bits per heavy atom. The van der Waals surface area contributed by atoms with Crippen LogP contribution in [0, 0.1) is 0 Å². The fourth-order valence-electron chi connectivity index (χ4n) is 2.58. The Bertz CT molecular complexity index is 123.